The Morgan fingerprint density at radius 2 is 2.11 bits per heavy atom. The van der Waals surface area contributed by atoms with Crippen molar-refractivity contribution in [2.24, 2.45) is 5.73 Å². The average molecular weight is 324 g/mol. The van der Waals surface area contributed by atoms with Gasteiger partial charge in [-0.15, -0.1) is 0 Å². The zero-order valence-corrected chi connectivity index (χ0v) is 13.5. The predicted molar refractivity (Wildman–Crippen MR) is 84.4 cm³/mol. The summed E-state index contributed by atoms with van der Waals surface area (Å²) in [5, 5.41) is 0. The molecule has 0 bridgehead atoms. The number of hydrogen-bond acceptors (Lipinski definition) is 2. The Bertz CT molecular complexity index is 570. The van der Waals surface area contributed by atoms with Crippen LogP contribution in [0.5, 0.6) is 0 Å². The zero-order valence-electron chi connectivity index (χ0n) is 11.9. The van der Waals surface area contributed by atoms with Gasteiger partial charge in [0.1, 0.15) is 5.82 Å². The summed E-state index contributed by atoms with van der Waals surface area (Å²) in [6.07, 6.45) is 2.09. The van der Waals surface area contributed by atoms with Gasteiger partial charge < -0.3 is 10.3 Å². The lowest BCUT2D eigenvalue weighted by atomic mass is 9.86. The highest BCUT2D eigenvalue weighted by Gasteiger charge is 2.29. The first-order valence-corrected chi connectivity index (χ1v) is 7.71. The zero-order chi connectivity index (χ0) is 14.0. The van der Waals surface area contributed by atoms with Crippen molar-refractivity contribution in [2.75, 3.05) is 6.54 Å². The lowest BCUT2D eigenvalue weighted by Gasteiger charge is -2.26. The smallest absolute Gasteiger partial charge is 0.117 e. The van der Waals surface area contributed by atoms with E-state index < -0.39 is 0 Å². The Labute approximate surface area is 123 Å². The standard InChI is InChI=1S/C15H22BrN3/c1-4-8-19-13-7-6-11(16)9-12(13)18-14(19)15(3,5-2)10-17/h6-7,9H,4-5,8,10,17H2,1-3H3. The number of rotatable bonds is 5. The topological polar surface area (TPSA) is 43.8 Å². The van der Waals surface area contributed by atoms with Crippen LogP contribution in [0.1, 0.15) is 39.4 Å². The molecule has 4 heteroatoms. The van der Waals surface area contributed by atoms with Crippen LogP contribution in [-0.2, 0) is 12.0 Å². The van der Waals surface area contributed by atoms with Crippen LogP contribution in [0.25, 0.3) is 11.0 Å². The monoisotopic (exact) mass is 323 g/mol. The molecule has 0 saturated heterocycles. The fourth-order valence-electron chi connectivity index (χ4n) is 2.41. The predicted octanol–water partition coefficient (Wildman–Crippen LogP) is 3.84. The molecular weight excluding hydrogens is 302 g/mol. The molecule has 19 heavy (non-hydrogen) atoms. The second-order valence-corrected chi connectivity index (χ2v) is 6.25. The van der Waals surface area contributed by atoms with E-state index in [1.165, 1.54) is 5.52 Å². The second-order valence-electron chi connectivity index (χ2n) is 5.34. The number of imidazole rings is 1. The fourth-order valence-corrected chi connectivity index (χ4v) is 2.76. The van der Waals surface area contributed by atoms with Crippen molar-refractivity contribution in [3.63, 3.8) is 0 Å². The van der Waals surface area contributed by atoms with Crippen LogP contribution in [0, 0.1) is 0 Å². The number of fused-ring (bicyclic) bond motifs is 1. The molecule has 2 N–H and O–H groups in total. The van der Waals surface area contributed by atoms with E-state index in [9.17, 15) is 0 Å². The van der Waals surface area contributed by atoms with Gasteiger partial charge in [-0.2, -0.15) is 0 Å². The number of benzene rings is 1. The number of halogens is 1. The van der Waals surface area contributed by atoms with Crippen molar-refractivity contribution in [3.05, 3.63) is 28.5 Å². The first kappa shape index (κ1) is 14.5. The Kier molecular flexibility index (Phi) is 4.31. The van der Waals surface area contributed by atoms with Crippen molar-refractivity contribution >= 4 is 27.0 Å². The minimum atomic E-state index is -0.0549. The molecule has 1 unspecified atom stereocenters. The molecule has 0 fully saturated rings. The van der Waals surface area contributed by atoms with E-state index in [4.69, 9.17) is 10.7 Å². The highest BCUT2D eigenvalue weighted by Crippen LogP contribution is 2.30. The van der Waals surface area contributed by atoms with E-state index in [-0.39, 0.29) is 5.41 Å². The van der Waals surface area contributed by atoms with Crippen molar-refractivity contribution in [3.8, 4) is 0 Å². The lowest BCUT2D eigenvalue weighted by molar-refractivity contribution is 0.416. The Morgan fingerprint density at radius 3 is 2.68 bits per heavy atom. The Hall–Kier alpha value is -0.870. The van der Waals surface area contributed by atoms with Gasteiger partial charge >= 0.3 is 0 Å². The number of nitrogens with two attached hydrogens (primary N) is 1. The molecule has 2 aromatic rings. The van der Waals surface area contributed by atoms with Gasteiger partial charge in [-0.3, -0.25) is 0 Å². The first-order chi connectivity index (χ1) is 9.05. The number of aromatic nitrogens is 2. The molecule has 0 aliphatic carbocycles. The Morgan fingerprint density at radius 1 is 1.37 bits per heavy atom. The molecule has 1 aromatic carbocycles. The molecule has 0 radical (unpaired) electrons. The Balaban J connectivity index is 2.68. The highest BCUT2D eigenvalue weighted by atomic mass is 79.9. The number of hydrogen-bond donors (Lipinski definition) is 1. The minimum Gasteiger partial charge on any atom is -0.329 e. The van der Waals surface area contributed by atoms with Gasteiger partial charge in [-0.05, 0) is 31.0 Å². The van der Waals surface area contributed by atoms with Crippen molar-refractivity contribution in [2.45, 2.75) is 45.6 Å². The van der Waals surface area contributed by atoms with Gasteiger partial charge in [0.2, 0.25) is 0 Å². The molecular formula is C15H22BrN3. The number of nitrogens with zero attached hydrogens (tertiary/aromatic N) is 2. The first-order valence-electron chi connectivity index (χ1n) is 6.92. The molecule has 1 atom stereocenters. The minimum absolute atomic E-state index is 0.0549. The summed E-state index contributed by atoms with van der Waals surface area (Å²) < 4.78 is 3.40. The summed E-state index contributed by atoms with van der Waals surface area (Å²) in [6.45, 7) is 8.19. The molecule has 1 aromatic heterocycles. The maximum absolute atomic E-state index is 6.00. The third-order valence-electron chi connectivity index (χ3n) is 3.93. The molecule has 0 saturated carbocycles. The van der Waals surface area contributed by atoms with E-state index in [1.54, 1.807) is 0 Å². The van der Waals surface area contributed by atoms with Crippen molar-refractivity contribution < 1.29 is 0 Å². The summed E-state index contributed by atoms with van der Waals surface area (Å²) in [4.78, 5) is 4.86. The maximum Gasteiger partial charge on any atom is 0.117 e. The molecule has 0 spiro atoms. The van der Waals surface area contributed by atoms with Crippen LogP contribution >= 0.6 is 15.9 Å². The van der Waals surface area contributed by atoms with Crippen molar-refractivity contribution in [1.29, 1.82) is 0 Å². The van der Waals surface area contributed by atoms with E-state index in [0.29, 0.717) is 6.54 Å². The summed E-state index contributed by atoms with van der Waals surface area (Å²) in [6, 6.07) is 6.29. The summed E-state index contributed by atoms with van der Waals surface area (Å²) >= 11 is 3.52. The maximum atomic E-state index is 6.00. The molecule has 3 nitrogen and oxygen atoms in total. The average Bonchev–Trinajstić information content (AvgIpc) is 2.77. The summed E-state index contributed by atoms with van der Waals surface area (Å²) in [7, 11) is 0. The van der Waals surface area contributed by atoms with E-state index in [1.807, 2.05) is 0 Å². The SMILES string of the molecule is CCCn1c(C(C)(CC)CN)nc2cc(Br)ccc21. The molecule has 2 rings (SSSR count). The van der Waals surface area contributed by atoms with Gasteiger partial charge in [0.25, 0.3) is 0 Å². The van der Waals surface area contributed by atoms with Crippen LogP contribution in [-0.4, -0.2) is 16.1 Å². The van der Waals surface area contributed by atoms with Crippen LogP contribution in [0.4, 0.5) is 0 Å². The second kappa shape index (κ2) is 5.63. The van der Waals surface area contributed by atoms with E-state index in [2.05, 4.69) is 59.5 Å². The van der Waals surface area contributed by atoms with E-state index in [0.717, 1.165) is 35.2 Å². The van der Waals surface area contributed by atoms with E-state index >= 15 is 0 Å². The van der Waals surface area contributed by atoms with Gasteiger partial charge in [0, 0.05) is 23.0 Å². The summed E-state index contributed by atoms with van der Waals surface area (Å²) in [5.74, 6) is 1.12. The van der Waals surface area contributed by atoms with Crippen LogP contribution in [0.3, 0.4) is 0 Å². The summed E-state index contributed by atoms with van der Waals surface area (Å²) in [5.41, 5.74) is 8.20. The third kappa shape index (κ3) is 2.56. The normalized spacial score (nSPS) is 14.8. The van der Waals surface area contributed by atoms with Gasteiger partial charge in [0.15, 0.2) is 0 Å². The fraction of sp³-hybridized carbons (Fsp3) is 0.533. The highest BCUT2D eigenvalue weighted by molar-refractivity contribution is 9.10. The third-order valence-corrected chi connectivity index (χ3v) is 4.42. The van der Waals surface area contributed by atoms with Crippen molar-refractivity contribution in [1.82, 2.24) is 9.55 Å². The lowest BCUT2D eigenvalue weighted by Crippen LogP contribution is -2.34. The van der Waals surface area contributed by atoms with Gasteiger partial charge in [-0.1, -0.05) is 36.7 Å². The van der Waals surface area contributed by atoms with Crippen LogP contribution in [0.2, 0.25) is 0 Å². The quantitative estimate of drug-likeness (QED) is 0.908. The van der Waals surface area contributed by atoms with Crippen LogP contribution < -0.4 is 5.73 Å². The molecule has 1 heterocycles. The molecule has 104 valence electrons. The number of aryl methyl sites for hydroxylation is 1. The largest absolute Gasteiger partial charge is 0.329 e. The van der Waals surface area contributed by atoms with Gasteiger partial charge in [-0.25, -0.2) is 4.98 Å². The molecule has 0 amide bonds. The molecule has 0 aliphatic heterocycles. The molecule has 0 aliphatic rings. The van der Waals surface area contributed by atoms with Gasteiger partial charge in [0.05, 0.1) is 11.0 Å². The van der Waals surface area contributed by atoms with Crippen LogP contribution in [0.15, 0.2) is 22.7 Å².